The van der Waals surface area contributed by atoms with E-state index in [1.54, 1.807) is 0 Å². The van der Waals surface area contributed by atoms with Gasteiger partial charge >= 0.3 is 0 Å². The summed E-state index contributed by atoms with van der Waals surface area (Å²) in [4.78, 5) is 11.2. The molecule has 1 heterocycles. The van der Waals surface area contributed by atoms with Gasteiger partial charge in [-0.05, 0) is 12.3 Å². The van der Waals surface area contributed by atoms with Gasteiger partial charge in [-0.1, -0.05) is 13.8 Å². The third kappa shape index (κ3) is 4.68. The molecule has 1 amide bonds. The van der Waals surface area contributed by atoms with E-state index in [9.17, 15) is 15.0 Å². The highest BCUT2D eigenvalue weighted by Crippen LogP contribution is 2.22. The van der Waals surface area contributed by atoms with Crippen LogP contribution in [-0.4, -0.2) is 65.1 Å². The fraction of sp³-hybridized carbons (Fsp3) is 0.923. The summed E-state index contributed by atoms with van der Waals surface area (Å²) in [7, 11) is 0. The quantitative estimate of drug-likeness (QED) is 0.499. The molecule has 0 aromatic carbocycles. The summed E-state index contributed by atoms with van der Waals surface area (Å²) in [6.45, 7) is 5.37. The highest BCUT2D eigenvalue weighted by molar-refractivity contribution is 5.73. The van der Waals surface area contributed by atoms with E-state index < -0.39 is 37.3 Å². The second-order valence-electron chi connectivity index (χ2n) is 5.49. The zero-order valence-electron chi connectivity index (χ0n) is 12.2. The van der Waals surface area contributed by atoms with Gasteiger partial charge in [0.25, 0.3) is 0 Å². The molecule has 0 aliphatic carbocycles. The Kier molecular flexibility index (Phi) is 6.84. The summed E-state index contributed by atoms with van der Waals surface area (Å²) in [6, 6.07) is -0.863. The standard InChI is InChI=1S/C13H25NO6/c1-7(2)4-5-19-13-10(14-8(3)16)12(18)11(17)9(6-15)20-13/h7,9-13,15,17-18H,4-6H2,1-3H3,(H,14,16)/t9-,10-,11+,12-,13-/m0/s1. The Morgan fingerprint density at radius 2 is 2.00 bits per heavy atom. The van der Waals surface area contributed by atoms with E-state index in [1.807, 2.05) is 13.8 Å². The molecule has 1 saturated heterocycles. The molecule has 1 fully saturated rings. The lowest BCUT2D eigenvalue weighted by atomic mass is 9.97. The molecule has 118 valence electrons. The van der Waals surface area contributed by atoms with Crippen LogP contribution in [0.3, 0.4) is 0 Å². The molecule has 0 unspecified atom stereocenters. The molecule has 0 aromatic rings. The minimum atomic E-state index is -1.28. The topological polar surface area (TPSA) is 108 Å². The molecule has 0 bridgehead atoms. The lowest BCUT2D eigenvalue weighted by molar-refractivity contribution is -0.270. The number of rotatable bonds is 6. The van der Waals surface area contributed by atoms with Crippen LogP contribution in [0.1, 0.15) is 27.2 Å². The predicted molar refractivity (Wildman–Crippen MR) is 70.8 cm³/mol. The maximum absolute atomic E-state index is 11.2. The van der Waals surface area contributed by atoms with Crippen LogP contribution in [0.25, 0.3) is 0 Å². The molecule has 1 aliphatic rings. The van der Waals surface area contributed by atoms with Crippen molar-refractivity contribution in [2.45, 2.75) is 57.8 Å². The largest absolute Gasteiger partial charge is 0.394 e. The molecule has 0 aromatic heterocycles. The maximum Gasteiger partial charge on any atom is 0.217 e. The van der Waals surface area contributed by atoms with Gasteiger partial charge in [0.1, 0.15) is 24.4 Å². The number of aliphatic hydroxyl groups excluding tert-OH is 3. The number of carbonyl (C=O) groups excluding carboxylic acids is 1. The fourth-order valence-electron chi connectivity index (χ4n) is 2.03. The first-order chi connectivity index (χ1) is 9.36. The monoisotopic (exact) mass is 291 g/mol. The van der Waals surface area contributed by atoms with Gasteiger partial charge in [0.2, 0.25) is 5.91 Å². The number of aliphatic hydroxyl groups is 3. The lowest BCUT2D eigenvalue weighted by Gasteiger charge is -2.42. The van der Waals surface area contributed by atoms with Gasteiger partial charge < -0.3 is 30.1 Å². The molecule has 0 radical (unpaired) electrons. The Balaban J connectivity index is 2.70. The zero-order chi connectivity index (χ0) is 15.3. The minimum absolute atomic E-state index is 0.357. The predicted octanol–water partition coefficient (Wildman–Crippen LogP) is -1.01. The normalized spacial score (nSPS) is 34.2. The Morgan fingerprint density at radius 3 is 2.50 bits per heavy atom. The number of hydrogen-bond donors (Lipinski definition) is 4. The summed E-state index contributed by atoms with van der Waals surface area (Å²) in [6.07, 6.45) is -3.56. The maximum atomic E-state index is 11.2. The van der Waals surface area contributed by atoms with Gasteiger partial charge in [-0.2, -0.15) is 0 Å². The van der Waals surface area contributed by atoms with Gasteiger partial charge in [0, 0.05) is 6.92 Å². The van der Waals surface area contributed by atoms with E-state index in [2.05, 4.69) is 5.32 Å². The van der Waals surface area contributed by atoms with Crippen molar-refractivity contribution in [2.75, 3.05) is 13.2 Å². The van der Waals surface area contributed by atoms with E-state index in [4.69, 9.17) is 14.6 Å². The molecular formula is C13H25NO6. The Labute approximate surface area is 118 Å². The van der Waals surface area contributed by atoms with Gasteiger partial charge in [-0.25, -0.2) is 0 Å². The molecule has 4 N–H and O–H groups in total. The van der Waals surface area contributed by atoms with Crippen molar-refractivity contribution >= 4 is 5.91 Å². The molecule has 0 saturated carbocycles. The second kappa shape index (κ2) is 7.90. The van der Waals surface area contributed by atoms with Crippen molar-refractivity contribution in [3.63, 3.8) is 0 Å². The van der Waals surface area contributed by atoms with Gasteiger partial charge in [0.05, 0.1) is 13.2 Å². The molecule has 0 spiro atoms. The van der Waals surface area contributed by atoms with Crippen molar-refractivity contribution in [3.05, 3.63) is 0 Å². The van der Waals surface area contributed by atoms with Crippen molar-refractivity contribution in [1.82, 2.24) is 5.32 Å². The molecule has 1 rings (SSSR count). The van der Waals surface area contributed by atoms with Crippen LogP contribution in [0.4, 0.5) is 0 Å². The van der Waals surface area contributed by atoms with E-state index in [0.29, 0.717) is 12.5 Å². The van der Waals surface area contributed by atoms with E-state index in [0.717, 1.165) is 6.42 Å². The molecule has 7 heteroatoms. The highest BCUT2D eigenvalue weighted by atomic mass is 16.7. The summed E-state index contributed by atoms with van der Waals surface area (Å²) < 4.78 is 11.0. The summed E-state index contributed by atoms with van der Waals surface area (Å²) >= 11 is 0. The van der Waals surface area contributed by atoms with Crippen LogP contribution in [0, 0.1) is 5.92 Å². The SMILES string of the molecule is CC(=O)N[C@@H]1[C@@H](OCCC(C)C)O[C@@H](CO)[C@@H](O)[C@H]1O. The smallest absolute Gasteiger partial charge is 0.217 e. The van der Waals surface area contributed by atoms with Crippen molar-refractivity contribution in [3.8, 4) is 0 Å². The van der Waals surface area contributed by atoms with Crippen LogP contribution in [0.2, 0.25) is 0 Å². The fourth-order valence-corrected chi connectivity index (χ4v) is 2.03. The van der Waals surface area contributed by atoms with Crippen molar-refractivity contribution in [1.29, 1.82) is 0 Å². The molecule has 20 heavy (non-hydrogen) atoms. The van der Waals surface area contributed by atoms with Gasteiger partial charge in [-0.3, -0.25) is 4.79 Å². The lowest BCUT2D eigenvalue weighted by Crippen LogP contribution is -2.64. The first-order valence-electron chi connectivity index (χ1n) is 6.88. The number of carbonyl (C=O) groups is 1. The van der Waals surface area contributed by atoms with Gasteiger partial charge in [0.15, 0.2) is 6.29 Å². The van der Waals surface area contributed by atoms with E-state index >= 15 is 0 Å². The molecule has 7 nitrogen and oxygen atoms in total. The number of hydrogen-bond acceptors (Lipinski definition) is 6. The average molecular weight is 291 g/mol. The Bertz CT molecular complexity index is 311. The zero-order valence-corrected chi connectivity index (χ0v) is 12.2. The first-order valence-corrected chi connectivity index (χ1v) is 6.88. The van der Waals surface area contributed by atoms with Gasteiger partial charge in [-0.15, -0.1) is 0 Å². The van der Waals surface area contributed by atoms with Crippen LogP contribution < -0.4 is 5.32 Å². The van der Waals surface area contributed by atoms with Crippen LogP contribution in [0.5, 0.6) is 0 Å². The minimum Gasteiger partial charge on any atom is -0.394 e. The molecular weight excluding hydrogens is 266 g/mol. The number of ether oxygens (including phenoxy) is 2. The average Bonchev–Trinajstić information content (AvgIpc) is 2.36. The molecule has 1 aliphatic heterocycles. The summed E-state index contributed by atoms with van der Waals surface area (Å²) in [5.74, 6) is 0.0896. The summed E-state index contributed by atoms with van der Waals surface area (Å²) in [5.41, 5.74) is 0. The molecule has 5 atom stereocenters. The van der Waals surface area contributed by atoms with Crippen LogP contribution in [0.15, 0.2) is 0 Å². The Hall–Kier alpha value is -0.730. The van der Waals surface area contributed by atoms with E-state index in [-0.39, 0.29) is 5.91 Å². The third-order valence-electron chi connectivity index (χ3n) is 3.23. The second-order valence-corrected chi connectivity index (χ2v) is 5.49. The van der Waals surface area contributed by atoms with E-state index in [1.165, 1.54) is 6.92 Å². The van der Waals surface area contributed by atoms with Crippen LogP contribution in [-0.2, 0) is 14.3 Å². The number of nitrogens with one attached hydrogen (secondary N) is 1. The number of amides is 1. The van der Waals surface area contributed by atoms with Crippen LogP contribution >= 0.6 is 0 Å². The van der Waals surface area contributed by atoms with Crippen molar-refractivity contribution < 1.29 is 29.6 Å². The third-order valence-corrected chi connectivity index (χ3v) is 3.23. The first kappa shape index (κ1) is 17.3. The van der Waals surface area contributed by atoms with Crippen molar-refractivity contribution in [2.24, 2.45) is 5.92 Å². The Morgan fingerprint density at radius 1 is 1.35 bits per heavy atom. The summed E-state index contributed by atoms with van der Waals surface area (Å²) in [5, 5.41) is 31.5. The highest BCUT2D eigenvalue weighted by Gasteiger charge is 2.45.